The number of nitrogens with two attached hydrogens (primary N) is 2. The Hall–Kier alpha value is -0.452. The Bertz CT molecular complexity index is 188. The largest absolute Gasteiger partial charge is 2.00 e. The third-order valence-electron chi connectivity index (χ3n) is 2.28. The Labute approximate surface area is 96.5 Å². The SMILES string of the molecule is O=C(O)C1(C(=O)O)CCCC1.[NH2-].[NH2-].[Pt+2]. The second-order valence-electron chi connectivity index (χ2n) is 2.90. The van der Waals surface area contributed by atoms with Gasteiger partial charge in [-0.15, -0.1) is 0 Å². The number of carbonyl (C=O) groups is 2. The molecule has 0 radical (unpaired) electrons. The van der Waals surface area contributed by atoms with Crippen LogP contribution < -0.4 is 0 Å². The van der Waals surface area contributed by atoms with Gasteiger partial charge < -0.3 is 22.5 Å². The number of carboxylic acid groups (broad SMARTS) is 2. The molecule has 6 nitrogen and oxygen atoms in total. The first-order valence-electron chi connectivity index (χ1n) is 3.56. The van der Waals surface area contributed by atoms with Gasteiger partial charge in [0.15, 0.2) is 5.41 Å². The Balaban J connectivity index is -0.000000403. The maximum Gasteiger partial charge on any atom is 2.00 e. The molecular weight excluding hydrogens is 371 g/mol. The molecule has 0 amide bonds. The summed E-state index contributed by atoms with van der Waals surface area (Å²) >= 11 is 0. The zero-order chi connectivity index (χ0) is 8.48. The molecule has 0 aromatic rings. The first-order chi connectivity index (χ1) is 5.09. The van der Waals surface area contributed by atoms with Crippen molar-refractivity contribution in [1.29, 1.82) is 0 Å². The van der Waals surface area contributed by atoms with E-state index >= 15 is 0 Å². The summed E-state index contributed by atoms with van der Waals surface area (Å²) in [7, 11) is 0. The monoisotopic (exact) mass is 385 g/mol. The smallest absolute Gasteiger partial charge is 0.693 e. The van der Waals surface area contributed by atoms with Crippen molar-refractivity contribution in [2.24, 2.45) is 5.41 Å². The molecule has 7 heteroatoms. The molecule has 0 saturated heterocycles. The number of rotatable bonds is 2. The molecule has 1 rings (SSSR count). The van der Waals surface area contributed by atoms with E-state index in [1.165, 1.54) is 0 Å². The summed E-state index contributed by atoms with van der Waals surface area (Å²) in [6.45, 7) is 0. The van der Waals surface area contributed by atoms with Crippen molar-refractivity contribution in [2.45, 2.75) is 25.7 Å². The summed E-state index contributed by atoms with van der Waals surface area (Å²) in [6, 6.07) is 0. The van der Waals surface area contributed by atoms with E-state index in [-0.39, 0.29) is 46.2 Å². The molecule has 1 aliphatic carbocycles. The molecule has 1 saturated carbocycles. The van der Waals surface area contributed by atoms with Crippen LogP contribution in [0.1, 0.15) is 25.7 Å². The number of hydrogen-bond donors (Lipinski definition) is 2. The van der Waals surface area contributed by atoms with E-state index in [0.717, 1.165) is 0 Å². The summed E-state index contributed by atoms with van der Waals surface area (Å²) in [5.41, 5.74) is -1.47. The predicted molar refractivity (Wildman–Crippen MR) is 46.7 cm³/mol. The molecule has 14 heavy (non-hydrogen) atoms. The van der Waals surface area contributed by atoms with Crippen LogP contribution in [0.3, 0.4) is 0 Å². The molecule has 6 N–H and O–H groups in total. The Morgan fingerprint density at radius 1 is 0.929 bits per heavy atom. The minimum absolute atomic E-state index is 0. The van der Waals surface area contributed by atoms with Gasteiger partial charge in [-0.1, -0.05) is 12.8 Å². The fraction of sp³-hybridized carbons (Fsp3) is 0.714. The number of hydrogen-bond acceptors (Lipinski definition) is 2. The molecule has 0 spiro atoms. The Morgan fingerprint density at radius 3 is 1.36 bits per heavy atom. The normalized spacial score (nSPS) is 16.9. The van der Waals surface area contributed by atoms with Gasteiger partial charge in [0.05, 0.1) is 0 Å². The van der Waals surface area contributed by atoms with Crippen LogP contribution in [0.15, 0.2) is 0 Å². The van der Waals surface area contributed by atoms with Crippen LogP contribution in [0.2, 0.25) is 0 Å². The Kier molecular flexibility index (Phi) is 9.48. The van der Waals surface area contributed by atoms with E-state index in [0.29, 0.717) is 12.8 Å². The van der Waals surface area contributed by atoms with Crippen molar-refractivity contribution >= 4 is 11.9 Å². The molecule has 1 aliphatic rings. The second-order valence-corrected chi connectivity index (χ2v) is 2.90. The quantitative estimate of drug-likeness (QED) is 0.702. The third kappa shape index (κ3) is 3.04. The van der Waals surface area contributed by atoms with Crippen LogP contribution in [-0.2, 0) is 30.7 Å². The minimum Gasteiger partial charge on any atom is -0.693 e. The fourth-order valence-electron chi connectivity index (χ4n) is 1.50. The number of carboxylic acids is 2. The standard InChI is InChI=1S/C7H10O4.2H2N.Pt/c8-5(9)7(6(10)11)3-1-2-4-7;;;/h1-4H2,(H,8,9)(H,10,11);2*1H2;/q;2*-1;+2. The molecule has 0 aromatic carbocycles. The van der Waals surface area contributed by atoms with Crippen molar-refractivity contribution < 1.29 is 40.9 Å². The van der Waals surface area contributed by atoms with Gasteiger partial charge in [0, 0.05) is 0 Å². The summed E-state index contributed by atoms with van der Waals surface area (Å²) in [5, 5.41) is 17.3. The molecule has 0 heterocycles. The van der Waals surface area contributed by atoms with Crippen LogP contribution in [0, 0.1) is 5.41 Å². The van der Waals surface area contributed by atoms with E-state index in [2.05, 4.69) is 0 Å². The molecule has 0 aromatic heterocycles. The predicted octanol–water partition coefficient (Wildman–Crippen LogP) is 2.15. The third-order valence-corrected chi connectivity index (χ3v) is 2.28. The van der Waals surface area contributed by atoms with Crippen LogP contribution in [0.25, 0.3) is 12.3 Å². The van der Waals surface area contributed by atoms with E-state index < -0.39 is 17.4 Å². The van der Waals surface area contributed by atoms with Crippen LogP contribution in [-0.4, -0.2) is 22.2 Å². The number of aliphatic carboxylic acids is 2. The first kappa shape index (κ1) is 19.2. The zero-order valence-electron chi connectivity index (χ0n) is 7.51. The van der Waals surface area contributed by atoms with E-state index in [4.69, 9.17) is 10.2 Å². The zero-order valence-corrected chi connectivity index (χ0v) is 9.78. The maximum atomic E-state index is 10.6. The van der Waals surface area contributed by atoms with Gasteiger partial charge >= 0.3 is 33.0 Å². The Morgan fingerprint density at radius 2 is 1.21 bits per heavy atom. The van der Waals surface area contributed by atoms with Gasteiger partial charge in [0.1, 0.15) is 0 Å². The van der Waals surface area contributed by atoms with E-state index in [1.807, 2.05) is 0 Å². The average Bonchev–Trinajstić information content (AvgIpc) is 2.34. The molecule has 0 atom stereocenters. The summed E-state index contributed by atoms with van der Waals surface area (Å²) in [4.78, 5) is 21.2. The van der Waals surface area contributed by atoms with Crippen molar-refractivity contribution in [3.05, 3.63) is 12.3 Å². The van der Waals surface area contributed by atoms with Gasteiger partial charge in [-0.3, -0.25) is 9.59 Å². The second kappa shape index (κ2) is 6.92. The van der Waals surface area contributed by atoms with Gasteiger partial charge in [-0.05, 0) is 12.8 Å². The first-order valence-corrected chi connectivity index (χ1v) is 3.56. The maximum absolute atomic E-state index is 10.6. The molecule has 1 fully saturated rings. The van der Waals surface area contributed by atoms with Gasteiger partial charge in [0.2, 0.25) is 0 Å². The molecular formula is C7H14N2O4Pt. The van der Waals surface area contributed by atoms with Crippen LogP contribution >= 0.6 is 0 Å². The van der Waals surface area contributed by atoms with Crippen molar-refractivity contribution in [3.8, 4) is 0 Å². The van der Waals surface area contributed by atoms with Crippen molar-refractivity contribution in [3.63, 3.8) is 0 Å². The van der Waals surface area contributed by atoms with Gasteiger partial charge in [0.25, 0.3) is 0 Å². The van der Waals surface area contributed by atoms with E-state index in [9.17, 15) is 9.59 Å². The van der Waals surface area contributed by atoms with Gasteiger partial charge in [-0.2, -0.15) is 0 Å². The summed E-state index contributed by atoms with van der Waals surface area (Å²) < 4.78 is 0. The van der Waals surface area contributed by atoms with Crippen LogP contribution in [0.4, 0.5) is 0 Å². The van der Waals surface area contributed by atoms with Crippen molar-refractivity contribution in [2.75, 3.05) is 0 Å². The molecule has 0 bridgehead atoms. The average molecular weight is 385 g/mol. The molecule has 0 aliphatic heterocycles. The van der Waals surface area contributed by atoms with Crippen molar-refractivity contribution in [1.82, 2.24) is 0 Å². The summed E-state index contributed by atoms with van der Waals surface area (Å²) in [5.74, 6) is -2.38. The van der Waals surface area contributed by atoms with Crippen LogP contribution in [0.5, 0.6) is 0 Å². The fourth-order valence-corrected chi connectivity index (χ4v) is 1.50. The molecule has 86 valence electrons. The topological polar surface area (TPSA) is 142 Å². The van der Waals surface area contributed by atoms with Gasteiger partial charge in [-0.25, -0.2) is 0 Å². The minimum atomic E-state index is -1.47. The summed E-state index contributed by atoms with van der Waals surface area (Å²) in [6.07, 6.45) is 1.96. The van der Waals surface area contributed by atoms with E-state index in [1.54, 1.807) is 0 Å². The molecule has 0 unspecified atom stereocenters.